The van der Waals surface area contributed by atoms with E-state index in [0.717, 1.165) is 0 Å². The zero-order valence-corrected chi connectivity index (χ0v) is 11.0. The second-order valence-corrected chi connectivity index (χ2v) is 10.5. The summed E-state index contributed by atoms with van der Waals surface area (Å²) in [5.74, 6) is -1.30. The lowest BCUT2D eigenvalue weighted by molar-refractivity contribution is -0.146. The monoisotopic (exact) mass is 246 g/mol. The van der Waals surface area contributed by atoms with Gasteiger partial charge in [-0.05, 0) is 6.92 Å². The Bertz CT molecular complexity index is 316. The first-order valence-electron chi connectivity index (χ1n) is 5.17. The summed E-state index contributed by atoms with van der Waals surface area (Å²) in [6, 6.07) is 0. The summed E-state index contributed by atoms with van der Waals surface area (Å²) in [5, 5.41) is 18.9. The highest BCUT2D eigenvalue weighted by molar-refractivity contribution is 6.76. The third-order valence-electron chi connectivity index (χ3n) is 2.02. The summed E-state index contributed by atoms with van der Waals surface area (Å²) in [4.78, 5) is 11.1. The van der Waals surface area contributed by atoms with Gasteiger partial charge in [-0.2, -0.15) is 0 Å². The molecule has 1 heterocycles. The summed E-state index contributed by atoms with van der Waals surface area (Å²) in [7, 11) is -1.46. The molecule has 0 fully saturated rings. The predicted octanol–water partition coefficient (Wildman–Crippen LogP) is 0.956. The van der Waals surface area contributed by atoms with Crippen LogP contribution >= 0.6 is 0 Å². The average Bonchev–Trinajstić information content (AvgIpc) is 2.39. The van der Waals surface area contributed by atoms with Gasteiger partial charge in [-0.1, -0.05) is 19.6 Å². The van der Waals surface area contributed by atoms with Crippen LogP contribution in [0.3, 0.4) is 0 Å². The summed E-state index contributed by atoms with van der Waals surface area (Å²) < 4.78 is 10.2. The number of ether oxygens (including phenoxy) is 2. The van der Waals surface area contributed by atoms with Gasteiger partial charge in [-0.3, -0.25) is 0 Å². The quantitative estimate of drug-likeness (QED) is 0.570. The number of carbonyl (C=O) groups is 1. The molecule has 0 saturated heterocycles. The molecule has 0 amide bonds. The van der Waals surface area contributed by atoms with E-state index in [1.165, 1.54) is 6.92 Å². The number of aliphatic hydroxyl groups is 2. The Balaban J connectivity index is 2.77. The highest BCUT2D eigenvalue weighted by Gasteiger charge is 2.39. The first-order valence-corrected chi connectivity index (χ1v) is 8.88. The van der Waals surface area contributed by atoms with E-state index < -0.39 is 32.0 Å². The van der Waals surface area contributed by atoms with Crippen molar-refractivity contribution in [2.75, 3.05) is 6.23 Å². The van der Waals surface area contributed by atoms with Crippen molar-refractivity contribution in [3.63, 3.8) is 0 Å². The fraction of sp³-hybridized carbons (Fsp3) is 0.700. The average molecular weight is 246 g/mol. The van der Waals surface area contributed by atoms with Gasteiger partial charge in [0.15, 0.2) is 11.9 Å². The molecule has 0 spiro atoms. The molecule has 0 aromatic carbocycles. The minimum absolute atomic E-state index is 0.0578. The lowest BCUT2D eigenvalue weighted by Gasteiger charge is -2.21. The van der Waals surface area contributed by atoms with E-state index in [1.54, 1.807) is 0 Å². The number of esters is 1. The van der Waals surface area contributed by atoms with Gasteiger partial charge in [-0.25, -0.2) is 4.79 Å². The summed E-state index contributed by atoms with van der Waals surface area (Å²) in [5.41, 5.74) is 0. The molecule has 1 rings (SSSR count). The van der Waals surface area contributed by atoms with Crippen molar-refractivity contribution in [1.82, 2.24) is 0 Å². The van der Waals surface area contributed by atoms with Crippen LogP contribution in [-0.4, -0.2) is 42.7 Å². The third kappa shape index (κ3) is 2.99. The van der Waals surface area contributed by atoms with Crippen molar-refractivity contribution in [1.29, 1.82) is 0 Å². The molecule has 6 heteroatoms. The summed E-state index contributed by atoms with van der Waals surface area (Å²) in [6.45, 7) is 7.77. The van der Waals surface area contributed by atoms with Crippen molar-refractivity contribution in [3.8, 4) is 0 Å². The third-order valence-corrected chi connectivity index (χ3v) is 3.03. The molecule has 0 aromatic heterocycles. The Labute approximate surface area is 95.7 Å². The molecule has 0 aliphatic carbocycles. The number of cyclic esters (lactones) is 1. The van der Waals surface area contributed by atoms with Gasteiger partial charge in [0.2, 0.25) is 5.76 Å². The number of aliphatic hydroxyl groups excluding tert-OH is 2. The summed E-state index contributed by atoms with van der Waals surface area (Å²) >= 11 is 0. The van der Waals surface area contributed by atoms with Crippen molar-refractivity contribution in [3.05, 3.63) is 11.5 Å². The number of rotatable bonds is 4. The van der Waals surface area contributed by atoms with E-state index in [-0.39, 0.29) is 5.76 Å². The van der Waals surface area contributed by atoms with Crippen LogP contribution in [0.4, 0.5) is 0 Å². The van der Waals surface area contributed by atoms with Crippen LogP contribution in [-0.2, 0) is 14.3 Å². The Hall–Kier alpha value is -1.01. The zero-order chi connectivity index (χ0) is 12.5. The molecular formula is C10H18O5Si. The SMILES string of the molecule is CC(O)C1OC(=O)C(O)=C1OC[Si](C)(C)C. The number of carbonyl (C=O) groups excluding carboxylic acids is 1. The second kappa shape index (κ2) is 4.46. The molecule has 2 atom stereocenters. The fourth-order valence-corrected chi connectivity index (χ4v) is 1.81. The van der Waals surface area contributed by atoms with Crippen LogP contribution < -0.4 is 0 Å². The zero-order valence-electron chi connectivity index (χ0n) is 9.98. The molecule has 0 aromatic rings. The molecular weight excluding hydrogens is 228 g/mol. The van der Waals surface area contributed by atoms with Crippen LogP contribution in [0, 0.1) is 0 Å². The lowest BCUT2D eigenvalue weighted by Crippen LogP contribution is -2.32. The van der Waals surface area contributed by atoms with E-state index in [4.69, 9.17) is 9.47 Å². The van der Waals surface area contributed by atoms with E-state index >= 15 is 0 Å². The van der Waals surface area contributed by atoms with Crippen LogP contribution in [0.1, 0.15) is 6.92 Å². The maximum atomic E-state index is 11.1. The van der Waals surface area contributed by atoms with Crippen LogP contribution in [0.25, 0.3) is 0 Å². The predicted molar refractivity (Wildman–Crippen MR) is 60.5 cm³/mol. The molecule has 92 valence electrons. The molecule has 2 unspecified atom stereocenters. The standard InChI is InChI=1S/C10H18O5Si/c1-6(11)8-9(7(12)10(13)15-8)14-5-16(2,3)4/h6,8,11-12H,5H2,1-4H3. The van der Waals surface area contributed by atoms with Crippen molar-refractivity contribution in [2.24, 2.45) is 0 Å². The Morgan fingerprint density at radius 2 is 2.06 bits per heavy atom. The van der Waals surface area contributed by atoms with Gasteiger partial charge >= 0.3 is 5.97 Å². The van der Waals surface area contributed by atoms with Crippen molar-refractivity contribution >= 4 is 14.0 Å². The van der Waals surface area contributed by atoms with Crippen LogP contribution in [0.5, 0.6) is 0 Å². The van der Waals surface area contributed by atoms with Crippen molar-refractivity contribution < 1.29 is 24.5 Å². The topological polar surface area (TPSA) is 76.0 Å². The van der Waals surface area contributed by atoms with Crippen molar-refractivity contribution in [2.45, 2.75) is 38.8 Å². The first kappa shape index (κ1) is 13.1. The molecule has 2 N–H and O–H groups in total. The van der Waals surface area contributed by atoms with Crippen LogP contribution in [0.2, 0.25) is 19.6 Å². The van der Waals surface area contributed by atoms with E-state index in [9.17, 15) is 15.0 Å². The Morgan fingerprint density at radius 1 is 1.50 bits per heavy atom. The van der Waals surface area contributed by atoms with Gasteiger partial charge in [-0.15, -0.1) is 0 Å². The van der Waals surface area contributed by atoms with Gasteiger partial charge < -0.3 is 19.7 Å². The fourth-order valence-electron chi connectivity index (χ4n) is 1.22. The largest absolute Gasteiger partial charge is 0.499 e. The molecule has 5 nitrogen and oxygen atoms in total. The van der Waals surface area contributed by atoms with Gasteiger partial charge in [0.05, 0.1) is 20.4 Å². The maximum absolute atomic E-state index is 11.1. The Kier molecular flexibility index (Phi) is 3.64. The molecule has 1 aliphatic heterocycles. The van der Waals surface area contributed by atoms with Gasteiger partial charge in [0, 0.05) is 0 Å². The normalized spacial score (nSPS) is 23.3. The van der Waals surface area contributed by atoms with E-state index in [0.29, 0.717) is 6.23 Å². The highest BCUT2D eigenvalue weighted by atomic mass is 28.3. The lowest BCUT2D eigenvalue weighted by atomic mass is 10.2. The molecule has 0 bridgehead atoms. The molecule has 1 aliphatic rings. The van der Waals surface area contributed by atoms with Crippen LogP contribution in [0.15, 0.2) is 11.5 Å². The molecule has 0 saturated carbocycles. The first-order chi connectivity index (χ1) is 7.22. The Morgan fingerprint density at radius 3 is 2.50 bits per heavy atom. The molecule has 0 radical (unpaired) electrons. The second-order valence-electron chi connectivity index (χ2n) is 5.13. The minimum atomic E-state index is -1.46. The number of hydrogen-bond donors (Lipinski definition) is 2. The van der Waals surface area contributed by atoms with E-state index in [2.05, 4.69) is 19.6 Å². The van der Waals surface area contributed by atoms with Gasteiger partial charge in [0.25, 0.3) is 0 Å². The number of hydrogen-bond acceptors (Lipinski definition) is 5. The van der Waals surface area contributed by atoms with Gasteiger partial charge in [0.1, 0.15) is 0 Å². The highest BCUT2D eigenvalue weighted by Crippen LogP contribution is 2.25. The minimum Gasteiger partial charge on any atom is -0.499 e. The maximum Gasteiger partial charge on any atom is 0.378 e. The summed E-state index contributed by atoms with van der Waals surface area (Å²) in [6.07, 6.45) is -1.32. The van der Waals surface area contributed by atoms with E-state index in [1.807, 2.05) is 0 Å². The molecule has 16 heavy (non-hydrogen) atoms. The smallest absolute Gasteiger partial charge is 0.378 e.